The summed E-state index contributed by atoms with van der Waals surface area (Å²) < 4.78 is 20.1. The number of cyclic esters (lactones) is 1. The molecule has 0 saturated carbocycles. The third-order valence-corrected chi connectivity index (χ3v) is 4.72. The molecule has 0 spiro atoms. The minimum absolute atomic E-state index is 0. The van der Waals surface area contributed by atoms with Crippen LogP contribution in [0.3, 0.4) is 0 Å². The summed E-state index contributed by atoms with van der Waals surface area (Å²) in [5, 5.41) is 2.61. The van der Waals surface area contributed by atoms with E-state index in [0.29, 0.717) is 22.6 Å². The maximum absolute atomic E-state index is 14.9. The Labute approximate surface area is 184 Å². The second-order valence-corrected chi connectivity index (χ2v) is 6.86. The summed E-state index contributed by atoms with van der Waals surface area (Å²) in [7, 11) is 0. The molecule has 2 amide bonds. The fraction of sp³-hybridized carbons (Fsp3) is 0.182. The lowest BCUT2D eigenvalue weighted by Crippen LogP contribution is -2.33. The van der Waals surface area contributed by atoms with E-state index in [0.717, 1.165) is 5.56 Å². The van der Waals surface area contributed by atoms with Gasteiger partial charge in [0.15, 0.2) is 0 Å². The van der Waals surface area contributed by atoms with E-state index in [1.165, 1.54) is 17.9 Å². The largest absolute Gasteiger partial charge is 0.442 e. The van der Waals surface area contributed by atoms with Crippen LogP contribution in [0.5, 0.6) is 0 Å². The molecule has 1 atom stereocenters. The molecule has 9 heteroatoms. The van der Waals surface area contributed by atoms with Gasteiger partial charge in [-0.05, 0) is 42.5 Å². The van der Waals surface area contributed by atoms with Crippen molar-refractivity contribution in [3.05, 3.63) is 66.7 Å². The van der Waals surface area contributed by atoms with Crippen LogP contribution in [0, 0.1) is 5.82 Å². The van der Waals surface area contributed by atoms with Gasteiger partial charge < -0.3 is 10.1 Å². The van der Waals surface area contributed by atoms with E-state index >= 15 is 0 Å². The van der Waals surface area contributed by atoms with Gasteiger partial charge in [-0.3, -0.25) is 14.7 Å². The second-order valence-electron chi connectivity index (χ2n) is 6.86. The van der Waals surface area contributed by atoms with Crippen LogP contribution in [0.25, 0.3) is 22.5 Å². The number of ether oxygens (including phenoxy) is 1. The zero-order chi connectivity index (χ0) is 21.1. The lowest BCUT2D eigenvalue weighted by Gasteiger charge is -2.14. The van der Waals surface area contributed by atoms with Crippen LogP contribution in [0.2, 0.25) is 0 Å². The average molecular weight is 443 g/mol. The van der Waals surface area contributed by atoms with Gasteiger partial charge in [-0.2, -0.15) is 0 Å². The standard InChI is InChI=1S/C22H19FN4O3.ClH/c1-14(28)25-12-17-13-27(22(29)30-17)16-5-6-18(19(23)11-16)21-4-2-3-20(26-21)15-7-9-24-10-8-15;/h2-11,17H,12-13H2,1H3,(H,25,28);1H/t17-;/m0./s1. The van der Waals surface area contributed by atoms with Crippen LogP contribution in [0.4, 0.5) is 14.9 Å². The summed E-state index contributed by atoms with van der Waals surface area (Å²) in [5.74, 6) is -0.702. The zero-order valence-corrected chi connectivity index (χ0v) is 17.4. The van der Waals surface area contributed by atoms with Gasteiger partial charge >= 0.3 is 6.09 Å². The highest BCUT2D eigenvalue weighted by molar-refractivity contribution is 5.90. The number of hydrogen-bond donors (Lipinski definition) is 1. The second kappa shape index (κ2) is 9.53. The smallest absolute Gasteiger partial charge is 0.414 e. The topological polar surface area (TPSA) is 84.4 Å². The average Bonchev–Trinajstić information content (AvgIpc) is 3.13. The normalized spacial score (nSPS) is 15.2. The van der Waals surface area contributed by atoms with Crippen molar-refractivity contribution in [2.24, 2.45) is 0 Å². The molecule has 0 radical (unpaired) electrons. The fourth-order valence-corrected chi connectivity index (χ4v) is 3.24. The first kappa shape index (κ1) is 22.2. The molecule has 7 nitrogen and oxygen atoms in total. The van der Waals surface area contributed by atoms with Crippen molar-refractivity contribution in [1.29, 1.82) is 0 Å². The first-order valence-corrected chi connectivity index (χ1v) is 9.41. The molecule has 1 fully saturated rings. The molecule has 1 aliphatic heterocycles. The van der Waals surface area contributed by atoms with E-state index in [1.807, 2.05) is 24.3 Å². The molecule has 160 valence electrons. The van der Waals surface area contributed by atoms with Crippen LogP contribution in [-0.4, -0.2) is 41.2 Å². The minimum Gasteiger partial charge on any atom is -0.442 e. The van der Waals surface area contributed by atoms with Gasteiger partial charge in [-0.15, -0.1) is 12.4 Å². The van der Waals surface area contributed by atoms with Gasteiger partial charge in [0.1, 0.15) is 11.9 Å². The summed E-state index contributed by atoms with van der Waals surface area (Å²) >= 11 is 0. The van der Waals surface area contributed by atoms with Crippen molar-refractivity contribution >= 4 is 30.1 Å². The fourth-order valence-electron chi connectivity index (χ4n) is 3.24. The highest BCUT2D eigenvalue weighted by Gasteiger charge is 2.32. The zero-order valence-electron chi connectivity index (χ0n) is 16.6. The molecular formula is C22H20ClFN4O3. The van der Waals surface area contributed by atoms with Gasteiger partial charge in [0.25, 0.3) is 0 Å². The summed E-state index contributed by atoms with van der Waals surface area (Å²) in [6.07, 6.45) is 2.29. The van der Waals surface area contributed by atoms with Gasteiger partial charge in [-0.25, -0.2) is 14.2 Å². The van der Waals surface area contributed by atoms with E-state index in [2.05, 4.69) is 15.3 Å². The number of nitrogens with zero attached hydrogens (tertiary/aromatic N) is 3. The number of rotatable bonds is 5. The van der Waals surface area contributed by atoms with Crippen molar-refractivity contribution in [2.75, 3.05) is 18.0 Å². The van der Waals surface area contributed by atoms with E-state index in [1.54, 1.807) is 30.6 Å². The molecule has 1 saturated heterocycles. The van der Waals surface area contributed by atoms with Crippen molar-refractivity contribution in [3.8, 4) is 22.5 Å². The number of hydrogen-bond acceptors (Lipinski definition) is 5. The van der Waals surface area contributed by atoms with Crippen molar-refractivity contribution in [3.63, 3.8) is 0 Å². The first-order chi connectivity index (χ1) is 14.5. The van der Waals surface area contributed by atoms with Crippen LogP contribution in [0.1, 0.15) is 6.92 Å². The third kappa shape index (κ3) is 4.97. The summed E-state index contributed by atoms with van der Waals surface area (Å²) in [6, 6.07) is 13.6. The molecule has 3 heterocycles. The summed E-state index contributed by atoms with van der Waals surface area (Å²) in [4.78, 5) is 33.1. The van der Waals surface area contributed by atoms with Crippen LogP contribution in [-0.2, 0) is 9.53 Å². The lowest BCUT2D eigenvalue weighted by atomic mass is 10.1. The number of aromatic nitrogens is 2. The van der Waals surface area contributed by atoms with Crippen molar-refractivity contribution in [1.82, 2.24) is 15.3 Å². The van der Waals surface area contributed by atoms with Crippen LogP contribution >= 0.6 is 12.4 Å². The minimum atomic E-state index is -0.574. The molecule has 3 aromatic rings. The molecule has 1 N–H and O–H groups in total. The number of nitrogens with one attached hydrogen (secondary N) is 1. The molecule has 0 bridgehead atoms. The predicted octanol–water partition coefficient (Wildman–Crippen LogP) is 3.83. The van der Waals surface area contributed by atoms with E-state index in [9.17, 15) is 14.0 Å². The number of halogens is 2. The predicted molar refractivity (Wildman–Crippen MR) is 116 cm³/mol. The molecule has 1 aliphatic rings. The van der Waals surface area contributed by atoms with Crippen molar-refractivity contribution < 1.29 is 18.7 Å². The number of pyridine rings is 2. The molecule has 1 aromatic carbocycles. The summed E-state index contributed by atoms with van der Waals surface area (Å²) in [6.45, 7) is 1.83. The van der Waals surface area contributed by atoms with Crippen LogP contribution in [0.15, 0.2) is 60.9 Å². The maximum Gasteiger partial charge on any atom is 0.414 e. The highest BCUT2D eigenvalue weighted by Crippen LogP contribution is 2.29. The first-order valence-electron chi connectivity index (χ1n) is 9.41. The molecule has 0 aliphatic carbocycles. The maximum atomic E-state index is 14.9. The van der Waals surface area contributed by atoms with E-state index in [-0.39, 0.29) is 31.4 Å². The molecule has 0 unspecified atom stereocenters. The Balaban J connectivity index is 0.00000272. The Kier molecular flexibility index (Phi) is 6.81. The number of amides is 2. The molecule has 2 aromatic heterocycles. The summed E-state index contributed by atoms with van der Waals surface area (Å²) in [5.41, 5.74) is 2.80. The molecular weight excluding hydrogens is 423 g/mol. The van der Waals surface area contributed by atoms with Gasteiger partial charge in [0.05, 0.1) is 30.2 Å². The Morgan fingerprint density at radius 1 is 1.19 bits per heavy atom. The van der Waals surface area contributed by atoms with Gasteiger partial charge in [0.2, 0.25) is 5.91 Å². The number of carbonyl (C=O) groups is 2. The van der Waals surface area contributed by atoms with Gasteiger partial charge in [-0.1, -0.05) is 6.07 Å². The third-order valence-electron chi connectivity index (χ3n) is 4.72. The number of carbonyl (C=O) groups excluding carboxylic acids is 2. The lowest BCUT2D eigenvalue weighted by molar-refractivity contribution is -0.119. The van der Waals surface area contributed by atoms with E-state index < -0.39 is 18.0 Å². The van der Waals surface area contributed by atoms with Gasteiger partial charge in [0, 0.05) is 30.4 Å². The number of anilines is 1. The monoisotopic (exact) mass is 442 g/mol. The molecule has 4 rings (SSSR count). The van der Waals surface area contributed by atoms with Crippen LogP contribution < -0.4 is 10.2 Å². The molecule has 31 heavy (non-hydrogen) atoms. The SMILES string of the molecule is CC(=O)NC[C@H]1CN(c2ccc(-c3cccc(-c4ccncc4)n3)c(F)c2)C(=O)O1.Cl. The van der Waals surface area contributed by atoms with E-state index in [4.69, 9.17) is 4.74 Å². The number of benzene rings is 1. The Morgan fingerprint density at radius 2 is 1.94 bits per heavy atom. The van der Waals surface area contributed by atoms with Crippen molar-refractivity contribution in [2.45, 2.75) is 13.0 Å². The highest BCUT2D eigenvalue weighted by atomic mass is 35.5. The Morgan fingerprint density at radius 3 is 2.65 bits per heavy atom. The Bertz CT molecular complexity index is 1100. The Hall–Kier alpha value is -3.52. The quantitative estimate of drug-likeness (QED) is 0.649.